The molecule has 0 amide bonds. The van der Waals surface area contributed by atoms with Crippen molar-refractivity contribution in [2.45, 2.75) is 6.85 Å². The summed E-state index contributed by atoms with van der Waals surface area (Å²) in [7, 11) is 0. The minimum absolute atomic E-state index is 0.0176. The van der Waals surface area contributed by atoms with Gasteiger partial charge in [0.2, 0.25) is 0 Å². The number of para-hydroxylation sites is 1. The first-order valence-electron chi connectivity index (χ1n) is 6.19. The number of hydrogen-bond acceptors (Lipinski definition) is 1. The van der Waals surface area contributed by atoms with Crippen LogP contribution in [0.25, 0.3) is 5.69 Å². The number of aryl methyl sites for hydroxylation is 1. The van der Waals surface area contributed by atoms with Crippen molar-refractivity contribution in [2.75, 3.05) is 0 Å². The summed E-state index contributed by atoms with van der Waals surface area (Å²) in [6, 6.07) is 9.42. The molecule has 1 aromatic carbocycles. The van der Waals surface area contributed by atoms with Gasteiger partial charge in [-0.1, -0.05) is 24.3 Å². The van der Waals surface area contributed by atoms with E-state index in [4.69, 9.17) is 5.48 Å². The fourth-order valence-electron chi connectivity index (χ4n) is 1.22. The smallest absolute Gasteiger partial charge is 0.255 e. The maximum absolute atomic E-state index is 11.8. The lowest BCUT2D eigenvalue weighted by Crippen LogP contribution is -2.16. The van der Waals surface area contributed by atoms with E-state index in [1.54, 1.807) is 30.3 Å². The van der Waals surface area contributed by atoms with Crippen molar-refractivity contribution in [1.29, 1.82) is 0 Å². The summed E-state index contributed by atoms with van der Waals surface area (Å²) in [5, 5.41) is 0. The quantitative estimate of drug-likeness (QED) is 0.673. The molecule has 14 heavy (non-hydrogen) atoms. The molecule has 0 aliphatic heterocycles. The number of benzene rings is 1. The van der Waals surface area contributed by atoms with Crippen molar-refractivity contribution in [2.24, 2.45) is 0 Å². The Morgan fingerprint density at radius 3 is 2.79 bits per heavy atom. The van der Waals surface area contributed by atoms with E-state index in [1.165, 1.54) is 10.8 Å². The summed E-state index contributed by atoms with van der Waals surface area (Å²) in [6.45, 7) is -2.33. The van der Waals surface area contributed by atoms with Gasteiger partial charge < -0.3 is 0 Å². The van der Waals surface area contributed by atoms with E-state index < -0.39 is 12.4 Å². The Hall–Kier alpha value is -1.83. The van der Waals surface area contributed by atoms with Gasteiger partial charge in [0.15, 0.2) is 0 Å². The second kappa shape index (κ2) is 3.50. The number of nitrogens with zero attached hydrogens (tertiary/aromatic N) is 1. The summed E-state index contributed by atoms with van der Waals surface area (Å²) in [4.78, 5) is 11.8. The Balaban J connectivity index is 2.68. The van der Waals surface area contributed by atoms with Crippen LogP contribution in [0.3, 0.4) is 0 Å². The first-order chi connectivity index (χ1) is 8.39. The van der Waals surface area contributed by atoms with Crippen LogP contribution in [0.1, 0.15) is 11.0 Å². The lowest BCUT2D eigenvalue weighted by molar-refractivity contribution is 0.976. The fourth-order valence-corrected chi connectivity index (χ4v) is 1.22. The van der Waals surface area contributed by atoms with E-state index in [1.807, 2.05) is 0 Å². The SMILES string of the molecule is [2H]c1cc(C([2H])([2H])[2H])cn(-c2ccccc2)c1=O. The van der Waals surface area contributed by atoms with Crippen molar-refractivity contribution in [1.82, 2.24) is 4.57 Å². The van der Waals surface area contributed by atoms with Crippen LogP contribution in [0.5, 0.6) is 0 Å². The average molecular weight is 189 g/mol. The maximum Gasteiger partial charge on any atom is 0.255 e. The first-order valence-corrected chi connectivity index (χ1v) is 4.19. The zero-order chi connectivity index (χ0) is 13.3. The number of pyridine rings is 1. The molecule has 0 saturated carbocycles. The molecule has 0 aliphatic rings. The zero-order valence-corrected chi connectivity index (χ0v) is 7.40. The lowest BCUT2D eigenvalue weighted by atomic mass is 10.3. The predicted octanol–water partition coefficient (Wildman–Crippen LogP) is 2.15. The number of hydrogen-bond donors (Lipinski definition) is 0. The third-order valence-electron chi connectivity index (χ3n) is 1.87. The van der Waals surface area contributed by atoms with Crippen LogP contribution in [0.15, 0.2) is 53.4 Å². The monoisotopic (exact) mass is 189 g/mol. The first kappa shape index (κ1) is 5.15. The van der Waals surface area contributed by atoms with Crippen LogP contribution in [-0.4, -0.2) is 4.57 Å². The van der Waals surface area contributed by atoms with Crippen molar-refractivity contribution >= 4 is 0 Å². The van der Waals surface area contributed by atoms with Crippen LogP contribution in [0, 0.1) is 6.85 Å². The van der Waals surface area contributed by atoms with Gasteiger partial charge in [0.1, 0.15) is 0 Å². The highest BCUT2D eigenvalue weighted by Crippen LogP contribution is 2.04. The molecule has 1 aromatic heterocycles. The molecule has 70 valence electrons. The molecule has 0 bridgehead atoms. The molecular formula is C12H11NO. The molecule has 2 nitrogen and oxygen atoms in total. The molecular weight excluding hydrogens is 174 g/mol. The summed E-state index contributed by atoms with van der Waals surface area (Å²) in [6.07, 6.45) is 1.27. The Kier molecular flexibility index (Phi) is 1.29. The second-order valence-corrected chi connectivity index (χ2v) is 2.88. The van der Waals surface area contributed by atoms with Gasteiger partial charge in [-0.3, -0.25) is 9.36 Å². The predicted molar refractivity (Wildman–Crippen MR) is 56.8 cm³/mol. The van der Waals surface area contributed by atoms with E-state index >= 15 is 0 Å². The van der Waals surface area contributed by atoms with Gasteiger partial charge in [-0.2, -0.15) is 0 Å². The summed E-state index contributed by atoms with van der Waals surface area (Å²) in [5.74, 6) is 0. The molecule has 0 aliphatic carbocycles. The second-order valence-electron chi connectivity index (χ2n) is 2.88. The van der Waals surface area contributed by atoms with Gasteiger partial charge in [0.05, 0.1) is 1.37 Å². The van der Waals surface area contributed by atoms with Gasteiger partial charge in [-0.05, 0) is 24.5 Å². The molecule has 0 radical (unpaired) electrons. The molecule has 0 saturated heterocycles. The third-order valence-corrected chi connectivity index (χ3v) is 1.87. The van der Waals surface area contributed by atoms with Gasteiger partial charge in [-0.25, -0.2) is 0 Å². The summed E-state index contributed by atoms with van der Waals surface area (Å²) >= 11 is 0. The Bertz CT molecular complexity index is 616. The van der Waals surface area contributed by atoms with Gasteiger partial charge in [0, 0.05) is 22.0 Å². The van der Waals surface area contributed by atoms with E-state index in [2.05, 4.69) is 0 Å². The molecule has 0 N–H and O–H groups in total. The fraction of sp³-hybridized carbons (Fsp3) is 0.0833. The Morgan fingerprint density at radius 2 is 2.07 bits per heavy atom. The summed E-state index contributed by atoms with van der Waals surface area (Å²) < 4.78 is 30.7. The van der Waals surface area contributed by atoms with E-state index in [-0.39, 0.29) is 11.6 Å². The zero-order valence-electron chi connectivity index (χ0n) is 11.4. The molecule has 0 spiro atoms. The highest BCUT2D eigenvalue weighted by Gasteiger charge is 1.97. The molecule has 2 aromatic rings. The van der Waals surface area contributed by atoms with Gasteiger partial charge in [-0.15, -0.1) is 0 Å². The Labute approximate surface area is 88.1 Å². The highest BCUT2D eigenvalue weighted by atomic mass is 16.1. The van der Waals surface area contributed by atoms with Crippen molar-refractivity contribution in [3.05, 3.63) is 64.6 Å². The van der Waals surface area contributed by atoms with Gasteiger partial charge in [0.25, 0.3) is 5.56 Å². The molecule has 2 rings (SSSR count). The maximum atomic E-state index is 11.8. The van der Waals surface area contributed by atoms with Crippen molar-refractivity contribution in [3.63, 3.8) is 0 Å². The Morgan fingerprint density at radius 1 is 1.29 bits per heavy atom. The minimum atomic E-state index is -2.33. The standard InChI is InChI=1S/C12H11NO/c1-10-7-8-12(14)13(9-10)11-5-3-2-4-6-11/h2-9H,1H3/i1D3,8D. The van der Waals surface area contributed by atoms with Gasteiger partial charge >= 0.3 is 0 Å². The van der Waals surface area contributed by atoms with Crippen molar-refractivity contribution < 1.29 is 5.48 Å². The normalized spacial score (nSPS) is 15.1. The van der Waals surface area contributed by atoms with Crippen LogP contribution in [0.2, 0.25) is 0 Å². The topological polar surface area (TPSA) is 22.0 Å². The van der Waals surface area contributed by atoms with Crippen LogP contribution < -0.4 is 5.56 Å². The lowest BCUT2D eigenvalue weighted by Gasteiger charge is -2.05. The largest absolute Gasteiger partial charge is 0.284 e. The molecule has 0 atom stereocenters. The van der Waals surface area contributed by atoms with Crippen LogP contribution >= 0.6 is 0 Å². The van der Waals surface area contributed by atoms with E-state index in [0.29, 0.717) is 5.69 Å². The summed E-state index contributed by atoms with van der Waals surface area (Å²) in [5.41, 5.74) is -0.00717. The number of rotatable bonds is 1. The molecule has 1 heterocycles. The van der Waals surface area contributed by atoms with Crippen LogP contribution in [-0.2, 0) is 0 Å². The van der Waals surface area contributed by atoms with E-state index in [0.717, 1.165) is 6.07 Å². The van der Waals surface area contributed by atoms with Crippen molar-refractivity contribution in [3.8, 4) is 5.69 Å². The minimum Gasteiger partial charge on any atom is -0.284 e. The van der Waals surface area contributed by atoms with Crippen LogP contribution in [0.4, 0.5) is 0 Å². The average Bonchev–Trinajstić information content (AvgIpc) is 2.32. The molecule has 0 unspecified atom stereocenters. The molecule has 2 heteroatoms. The number of aromatic nitrogens is 1. The molecule has 0 fully saturated rings. The van der Waals surface area contributed by atoms with E-state index in [9.17, 15) is 4.79 Å². The highest BCUT2D eigenvalue weighted by molar-refractivity contribution is 5.32. The third kappa shape index (κ3) is 1.59.